The predicted octanol–water partition coefficient (Wildman–Crippen LogP) is 6.28. The van der Waals surface area contributed by atoms with E-state index in [4.69, 9.17) is 68.5 Å². The third-order valence-corrected chi connectivity index (χ3v) is 6.94. The van der Waals surface area contributed by atoms with E-state index in [1.54, 1.807) is 18.2 Å². The van der Waals surface area contributed by atoms with Crippen LogP contribution in [-0.2, 0) is 4.79 Å². The number of nitrogens with zero attached hydrogens (tertiary/aromatic N) is 1. The lowest BCUT2D eigenvalue weighted by Gasteiger charge is -2.10. The summed E-state index contributed by atoms with van der Waals surface area (Å²) in [5.41, 5.74) is 5.94. The summed E-state index contributed by atoms with van der Waals surface area (Å²) in [5, 5.41) is 6.14. The Morgan fingerprint density at radius 1 is 0.944 bits per heavy atom. The van der Waals surface area contributed by atoms with Crippen LogP contribution in [-0.4, -0.2) is 27.2 Å². The number of hydrogen-bond donors (Lipinski definition) is 3. The summed E-state index contributed by atoms with van der Waals surface area (Å²) in [6.07, 6.45) is -1.05. The van der Waals surface area contributed by atoms with E-state index < -0.39 is 34.1 Å². The van der Waals surface area contributed by atoms with Gasteiger partial charge in [-0.15, -0.1) is 23.2 Å². The Bertz CT molecular complexity index is 1360. The van der Waals surface area contributed by atoms with Gasteiger partial charge in [0.2, 0.25) is 11.8 Å². The van der Waals surface area contributed by atoms with E-state index in [9.17, 15) is 14.4 Å². The van der Waals surface area contributed by atoms with Crippen LogP contribution in [0.15, 0.2) is 54.6 Å². The number of anilines is 2. The minimum Gasteiger partial charge on any atom is -0.391 e. The number of amides is 3. The molecular formula is C23H15Cl5N4O4. The standard InChI is InChI=1S/C23H15Cl5N4O4/c24-11-6-10(7-12(25)8-11)18-19(23(18,27)28)21(34)30-13-4-5-15(26)14(9-13)20(33)32-16-2-1-3-17(31-16)36-22(29)35/h1-9,18-19H,(H2,29,35)(H,30,34)(H,31,32,33)/t18-,19+/m0/s1. The third-order valence-electron chi connectivity index (χ3n) is 5.23. The number of nitrogens with one attached hydrogen (secondary N) is 2. The highest BCUT2D eigenvalue weighted by molar-refractivity contribution is 6.53. The van der Waals surface area contributed by atoms with Gasteiger partial charge < -0.3 is 21.1 Å². The quantitative estimate of drug-likeness (QED) is 0.293. The Morgan fingerprint density at radius 2 is 1.64 bits per heavy atom. The number of rotatable bonds is 6. The number of primary amides is 1. The highest BCUT2D eigenvalue weighted by Crippen LogP contribution is 2.65. The number of nitrogens with two attached hydrogens (primary N) is 1. The van der Waals surface area contributed by atoms with Crippen LogP contribution in [0.25, 0.3) is 0 Å². The molecule has 0 spiro atoms. The van der Waals surface area contributed by atoms with Gasteiger partial charge in [0.25, 0.3) is 5.91 Å². The van der Waals surface area contributed by atoms with Gasteiger partial charge in [0.1, 0.15) is 10.2 Å². The van der Waals surface area contributed by atoms with Gasteiger partial charge in [-0.05, 0) is 48.0 Å². The molecular weight excluding hydrogens is 574 g/mol. The molecule has 13 heteroatoms. The molecule has 0 radical (unpaired) electrons. The molecule has 186 valence electrons. The molecule has 2 aromatic carbocycles. The molecule has 1 heterocycles. The lowest BCUT2D eigenvalue weighted by Crippen LogP contribution is -2.19. The van der Waals surface area contributed by atoms with Gasteiger partial charge in [-0.3, -0.25) is 9.59 Å². The largest absolute Gasteiger partial charge is 0.411 e. The highest BCUT2D eigenvalue weighted by atomic mass is 35.5. The summed E-state index contributed by atoms with van der Waals surface area (Å²) >= 11 is 31.1. The monoisotopic (exact) mass is 586 g/mol. The zero-order chi connectivity index (χ0) is 26.2. The van der Waals surface area contributed by atoms with Crippen molar-refractivity contribution in [2.75, 3.05) is 10.6 Å². The first-order valence-electron chi connectivity index (χ1n) is 10.2. The SMILES string of the molecule is NC(=O)Oc1cccc(NC(=O)c2cc(NC(=O)[C@H]3[C@H](c4cc(Cl)cc(Cl)c4)C3(Cl)Cl)ccc2Cl)n1. The molecule has 0 bridgehead atoms. The lowest BCUT2D eigenvalue weighted by molar-refractivity contribution is -0.117. The van der Waals surface area contributed by atoms with Gasteiger partial charge in [0, 0.05) is 27.7 Å². The number of pyridine rings is 1. The fourth-order valence-corrected chi connectivity index (χ4v) is 5.22. The lowest BCUT2D eigenvalue weighted by atomic mass is 10.1. The van der Waals surface area contributed by atoms with Crippen molar-refractivity contribution in [1.82, 2.24) is 4.98 Å². The number of alkyl halides is 2. The Kier molecular flexibility index (Phi) is 7.54. The van der Waals surface area contributed by atoms with Crippen molar-refractivity contribution < 1.29 is 19.1 Å². The van der Waals surface area contributed by atoms with Crippen molar-refractivity contribution in [2.45, 2.75) is 10.3 Å². The molecule has 3 amide bonds. The van der Waals surface area contributed by atoms with E-state index in [0.717, 1.165) is 0 Å². The maximum atomic E-state index is 13.0. The number of benzene rings is 2. The van der Waals surface area contributed by atoms with E-state index in [1.165, 1.54) is 36.4 Å². The Labute approximate surface area is 230 Å². The molecule has 1 aromatic heterocycles. The van der Waals surface area contributed by atoms with E-state index in [1.807, 2.05) is 0 Å². The van der Waals surface area contributed by atoms with Crippen LogP contribution in [0.4, 0.5) is 16.3 Å². The summed E-state index contributed by atoms with van der Waals surface area (Å²) in [5.74, 6) is -2.43. The Morgan fingerprint density at radius 3 is 2.31 bits per heavy atom. The van der Waals surface area contributed by atoms with Crippen molar-refractivity contribution in [3.63, 3.8) is 0 Å². The minimum absolute atomic E-state index is 0.0504. The van der Waals surface area contributed by atoms with E-state index in [-0.39, 0.29) is 28.0 Å². The molecule has 1 fully saturated rings. The van der Waals surface area contributed by atoms with E-state index in [0.29, 0.717) is 15.6 Å². The summed E-state index contributed by atoms with van der Waals surface area (Å²) in [4.78, 5) is 40.7. The average Bonchev–Trinajstić information content (AvgIpc) is 3.36. The van der Waals surface area contributed by atoms with Crippen LogP contribution in [0.3, 0.4) is 0 Å². The molecule has 1 aliphatic carbocycles. The maximum Gasteiger partial charge on any atom is 0.411 e. The number of carbonyl (C=O) groups is 3. The third kappa shape index (κ3) is 5.79. The number of hydrogen-bond acceptors (Lipinski definition) is 5. The summed E-state index contributed by atoms with van der Waals surface area (Å²) in [6.45, 7) is 0. The van der Waals surface area contributed by atoms with Crippen molar-refractivity contribution >= 4 is 87.4 Å². The average molecular weight is 589 g/mol. The molecule has 3 aromatic rings. The van der Waals surface area contributed by atoms with Crippen LogP contribution >= 0.6 is 58.0 Å². The molecule has 0 unspecified atom stereocenters. The van der Waals surface area contributed by atoms with Crippen molar-refractivity contribution in [1.29, 1.82) is 0 Å². The zero-order valence-corrected chi connectivity index (χ0v) is 21.7. The molecule has 8 nitrogen and oxygen atoms in total. The normalized spacial score (nSPS) is 17.7. The van der Waals surface area contributed by atoms with Gasteiger partial charge in [-0.25, -0.2) is 4.79 Å². The van der Waals surface area contributed by atoms with Crippen LogP contribution in [0.2, 0.25) is 15.1 Å². The molecule has 2 atom stereocenters. The van der Waals surface area contributed by atoms with Crippen LogP contribution in [0, 0.1) is 5.92 Å². The molecule has 4 N–H and O–H groups in total. The first-order chi connectivity index (χ1) is 17.0. The molecule has 1 aliphatic rings. The van der Waals surface area contributed by atoms with Gasteiger partial charge in [0.15, 0.2) is 0 Å². The summed E-state index contributed by atoms with van der Waals surface area (Å²) in [7, 11) is 0. The second kappa shape index (κ2) is 10.3. The molecule has 0 aliphatic heterocycles. The summed E-state index contributed by atoms with van der Waals surface area (Å²) < 4.78 is 3.33. The summed E-state index contributed by atoms with van der Waals surface area (Å²) in [6, 6.07) is 13.6. The first kappa shape index (κ1) is 26.3. The maximum absolute atomic E-state index is 13.0. The van der Waals surface area contributed by atoms with Crippen molar-refractivity contribution in [3.8, 4) is 5.88 Å². The second-order valence-corrected chi connectivity index (χ2v) is 10.5. The van der Waals surface area contributed by atoms with Crippen LogP contribution in [0.1, 0.15) is 21.8 Å². The van der Waals surface area contributed by atoms with Crippen LogP contribution < -0.4 is 21.1 Å². The zero-order valence-electron chi connectivity index (χ0n) is 17.9. The Balaban J connectivity index is 1.49. The van der Waals surface area contributed by atoms with Gasteiger partial charge in [-0.2, -0.15) is 4.98 Å². The van der Waals surface area contributed by atoms with Gasteiger partial charge in [-0.1, -0.05) is 40.9 Å². The predicted molar refractivity (Wildman–Crippen MR) is 140 cm³/mol. The van der Waals surface area contributed by atoms with Crippen LogP contribution in [0.5, 0.6) is 5.88 Å². The van der Waals surface area contributed by atoms with E-state index >= 15 is 0 Å². The topological polar surface area (TPSA) is 123 Å². The fourth-order valence-electron chi connectivity index (χ4n) is 3.65. The first-order valence-corrected chi connectivity index (χ1v) is 12.0. The molecule has 1 saturated carbocycles. The number of aromatic nitrogens is 1. The van der Waals surface area contributed by atoms with Gasteiger partial charge in [0.05, 0.1) is 16.5 Å². The van der Waals surface area contributed by atoms with Crippen molar-refractivity contribution in [2.24, 2.45) is 11.7 Å². The second-order valence-electron chi connectivity index (χ2n) is 7.75. The molecule has 0 saturated heterocycles. The highest BCUT2D eigenvalue weighted by Gasteiger charge is 2.67. The fraction of sp³-hybridized carbons (Fsp3) is 0.130. The Hall–Kier alpha value is -2.75. The smallest absolute Gasteiger partial charge is 0.391 e. The van der Waals surface area contributed by atoms with E-state index in [2.05, 4.69) is 15.6 Å². The van der Waals surface area contributed by atoms with Crippen molar-refractivity contribution in [3.05, 3.63) is 80.8 Å². The number of halogens is 5. The number of ether oxygens (including phenoxy) is 1. The number of carbonyl (C=O) groups excluding carboxylic acids is 3. The molecule has 36 heavy (non-hydrogen) atoms. The van der Waals surface area contributed by atoms with Gasteiger partial charge >= 0.3 is 6.09 Å². The molecule has 4 rings (SSSR count). The minimum atomic E-state index is -1.37.